The van der Waals surface area contributed by atoms with Gasteiger partial charge in [-0.1, -0.05) is 19.6 Å². The first-order valence-electron chi connectivity index (χ1n) is 10.4. The van der Waals surface area contributed by atoms with Crippen LogP contribution in [0.2, 0.25) is 25.7 Å². The minimum absolute atomic E-state index is 0.189. The van der Waals surface area contributed by atoms with Crippen molar-refractivity contribution in [2.24, 2.45) is 0 Å². The number of fused-ring (bicyclic) bond motifs is 1. The summed E-state index contributed by atoms with van der Waals surface area (Å²) >= 11 is 0. The van der Waals surface area contributed by atoms with Crippen LogP contribution in [0.15, 0.2) is 36.9 Å². The molecule has 0 spiro atoms. The Morgan fingerprint density at radius 2 is 2.00 bits per heavy atom. The molecule has 0 aromatic carbocycles. The maximum absolute atomic E-state index is 13.0. The van der Waals surface area contributed by atoms with Gasteiger partial charge < -0.3 is 19.9 Å². The van der Waals surface area contributed by atoms with Gasteiger partial charge >= 0.3 is 0 Å². The first kappa shape index (κ1) is 22.9. The van der Waals surface area contributed by atoms with E-state index in [0.29, 0.717) is 35.9 Å². The lowest BCUT2D eigenvalue weighted by molar-refractivity contribution is 0.0886. The fourth-order valence-electron chi connectivity index (χ4n) is 2.91. The van der Waals surface area contributed by atoms with E-state index >= 15 is 0 Å². The molecule has 1 amide bonds. The lowest BCUT2D eigenvalue weighted by Crippen LogP contribution is -2.40. The highest BCUT2D eigenvalue weighted by molar-refractivity contribution is 6.76. The molecule has 0 aliphatic carbocycles. The van der Waals surface area contributed by atoms with Gasteiger partial charge in [-0.2, -0.15) is 0 Å². The monoisotopic (exact) mass is 440 g/mol. The number of pyridine rings is 1. The van der Waals surface area contributed by atoms with Crippen molar-refractivity contribution in [3.8, 4) is 0 Å². The van der Waals surface area contributed by atoms with E-state index in [1.165, 1.54) is 0 Å². The zero-order valence-corrected chi connectivity index (χ0v) is 20.2. The molecule has 0 saturated carbocycles. The van der Waals surface area contributed by atoms with Crippen molar-refractivity contribution in [2.45, 2.75) is 58.7 Å². The van der Waals surface area contributed by atoms with E-state index in [9.17, 15) is 4.79 Å². The Labute approximate surface area is 184 Å². The van der Waals surface area contributed by atoms with Crippen LogP contribution in [-0.2, 0) is 11.5 Å². The molecule has 3 aromatic rings. The minimum Gasteiger partial charge on any atom is -0.361 e. The van der Waals surface area contributed by atoms with Crippen LogP contribution in [0.25, 0.3) is 11.2 Å². The number of hydrogen-bond acceptors (Lipinski definition) is 6. The second-order valence-electron chi connectivity index (χ2n) is 9.86. The predicted octanol–water partition coefficient (Wildman–Crippen LogP) is 4.41. The second kappa shape index (κ2) is 9.15. The lowest BCUT2D eigenvalue weighted by atomic mass is 10.1. The zero-order chi connectivity index (χ0) is 22.6. The maximum Gasteiger partial charge on any atom is 0.255 e. The largest absolute Gasteiger partial charge is 0.361 e. The number of carbonyl (C=O) groups excluding carboxylic acids is 1. The van der Waals surface area contributed by atoms with Gasteiger partial charge in [0.15, 0.2) is 5.65 Å². The van der Waals surface area contributed by atoms with Crippen LogP contribution in [0.1, 0.15) is 31.1 Å². The van der Waals surface area contributed by atoms with Crippen molar-refractivity contribution in [1.82, 2.24) is 24.8 Å². The number of nitrogens with zero attached hydrogens (tertiary/aromatic N) is 4. The van der Waals surface area contributed by atoms with Gasteiger partial charge in [0.05, 0.1) is 23.6 Å². The third kappa shape index (κ3) is 6.60. The molecular formula is C22H32N6O2Si. The summed E-state index contributed by atoms with van der Waals surface area (Å²) in [7, 11) is -1.17. The number of amides is 1. The molecule has 0 atom stereocenters. The van der Waals surface area contributed by atoms with E-state index in [-0.39, 0.29) is 11.4 Å². The third-order valence-electron chi connectivity index (χ3n) is 4.46. The molecule has 166 valence electrons. The first-order chi connectivity index (χ1) is 14.5. The van der Waals surface area contributed by atoms with Crippen molar-refractivity contribution in [3.63, 3.8) is 0 Å². The number of carbonyl (C=O) groups is 1. The van der Waals surface area contributed by atoms with Gasteiger partial charge in [0.2, 0.25) is 0 Å². The van der Waals surface area contributed by atoms with E-state index in [4.69, 9.17) is 4.74 Å². The van der Waals surface area contributed by atoms with Crippen LogP contribution < -0.4 is 10.6 Å². The van der Waals surface area contributed by atoms with Crippen LogP contribution in [0.3, 0.4) is 0 Å². The normalized spacial score (nSPS) is 12.2. The van der Waals surface area contributed by atoms with Crippen molar-refractivity contribution in [2.75, 3.05) is 11.9 Å². The summed E-state index contributed by atoms with van der Waals surface area (Å²) in [6, 6.07) is 4.81. The average molecular weight is 441 g/mol. The Morgan fingerprint density at radius 1 is 1.23 bits per heavy atom. The number of nitrogens with one attached hydrogen (secondary N) is 2. The van der Waals surface area contributed by atoms with E-state index < -0.39 is 8.07 Å². The Kier molecular flexibility index (Phi) is 6.76. The van der Waals surface area contributed by atoms with E-state index in [1.807, 2.05) is 37.5 Å². The summed E-state index contributed by atoms with van der Waals surface area (Å²) in [5, 5.41) is 6.20. The quantitative estimate of drug-likeness (QED) is 0.398. The summed E-state index contributed by atoms with van der Waals surface area (Å²) in [6.07, 6.45) is 6.83. The molecule has 3 rings (SSSR count). The summed E-state index contributed by atoms with van der Waals surface area (Å²) in [4.78, 5) is 26.3. The smallest absolute Gasteiger partial charge is 0.255 e. The van der Waals surface area contributed by atoms with Gasteiger partial charge in [-0.15, -0.1) is 0 Å². The molecule has 0 saturated heterocycles. The predicted molar refractivity (Wildman–Crippen MR) is 126 cm³/mol. The van der Waals surface area contributed by atoms with Gasteiger partial charge in [0, 0.05) is 32.6 Å². The molecule has 0 radical (unpaired) electrons. The Bertz CT molecular complexity index is 1040. The number of hydrogen-bond donors (Lipinski definition) is 2. The van der Waals surface area contributed by atoms with Crippen LogP contribution in [0.4, 0.5) is 11.5 Å². The molecule has 0 bridgehead atoms. The molecule has 0 aliphatic rings. The fourth-order valence-corrected chi connectivity index (χ4v) is 3.67. The number of ether oxygens (including phenoxy) is 1. The number of rotatable bonds is 8. The van der Waals surface area contributed by atoms with Crippen molar-refractivity contribution in [1.29, 1.82) is 0 Å². The molecule has 8 nitrogen and oxygen atoms in total. The highest BCUT2D eigenvalue weighted by Gasteiger charge is 2.22. The van der Waals surface area contributed by atoms with Crippen molar-refractivity contribution in [3.05, 3.63) is 42.5 Å². The third-order valence-corrected chi connectivity index (χ3v) is 6.16. The Hall–Kier alpha value is -2.78. The highest BCUT2D eigenvalue weighted by Crippen LogP contribution is 2.22. The summed E-state index contributed by atoms with van der Waals surface area (Å²) in [5.74, 6) is 0.355. The van der Waals surface area contributed by atoms with Crippen molar-refractivity contribution >= 4 is 36.7 Å². The maximum atomic E-state index is 13.0. The van der Waals surface area contributed by atoms with Crippen LogP contribution >= 0.6 is 0 Å². The molecule has 0 fully saturated rings. The standard InChI is InChI=1S/C22H32N6O2Si/c1-22(2,3)27-21(29)17-14-28(15-30-10-11-31(4,5)6)20-19(17)26-18(13-24-20)25-16-8-7-9-23-12-16/h7-9,12-14H,10-11,15H2,1-6H3,(H,25,26)(H,27,29). The highest BCUT2D eigenvalue weighted by atomic mass is 28.3. The molecule has 31 heavy (non-hydrogen) atoms. The van der Waals surface area contributed by atoms with Gasteiger partial charge in [-0.25, -0.2) is 9.97 Å². The van der Waals surface area contributed by atoms with E-state index in [1.54, 1.807) is 24.8 Å². The topological polar surface area (TPSA) is 94.0 Å². The van der Waals surface area contributed by atoms with Gasteiger partial charge in [-0.05, 0) is 38.9 Å². The zero-order valence-electron chi connectivity index (χ0n) is 19.2. The van der Waals surface area contributed by atoms with E-state index in [0.717, 1.165) is 11.7 Å². The van der Waals surface area contributed by atoms with E-state index in [2.05, 4.69) is 45.2 Å². The molecule has 0 unspecified atom stereocenters. The van der Waals surface area contributed by atoms with Crippen LogP contribution in [0, 0.1) is 0 Å². The molecule has 3 aromatic heterocycles. The first-order valence-corrected chi connectivity index (χ1v) is 14.2. The number of anilines is 2. The molecule has 3 heterocycles. The fraction of sp³-hybridized carbons (Fsp3) is 0.455. The van der Waals surface area contributed by atoms with Crippen LogP contribution in [-0.4, -0.2) is 45.6 Å². The molecule has 2 N–H and O–H groups in total. The van der Waals surface area contributed by atoms with Gasteiger partial charge in [-0.3, -0.25) is 9.78 Å². The Balaban J connectivity index is 1.90. The average Bonchev–Trinajstić information content (AvgIpc) is 3.02. The molecule has 9 heteroatoms. The van der Waals surface area contributed by atoms with Crippen LogP contribution in [0.5, 0.6) is 0 Å². The lowest BCUT2D eigenvalue weighted by Gasteiger charge is -2.20. The van der Waals surface area contributed by atoms with Gasteiger partial charge in [0.1, 0.15) is 18.1 Å². The summed E-state index contributed by atoms with van der Waals surface area (Å²) < 4.78 is 7.74. The molecular weight excluding hydrogens is 408 g/mol. The van der Waals surface area contributed by atoms with Gasteiger partial charge in [0.25, 0.3) is 5.91 Å². The second-order valence-corrected chi connectivity index (χ2v) is 15.5. The summed E-state index contributed by atoms with van der Waals surface area (Å²) in [6.45, 7) is 13.8. The van der Waals surface area contributed by atoms with Crippen molar-refractivity contribution < 1.29 is 9.53 Å². The number of aromatic nitrogens is 4. The Morgan fingerprint density at radius 3 is 2.65 bits per heavy atom. The minimum atomic E-state index is -1.17. The SMILES string of the molecule is CC(C)(C)NC(=O)c1cn(COCC[Si](C)(C)C)c2ncc(Nc3cccnc3)nc12. The summed E-state index contributed by atoms with van der Waals surface area (Å²) in [5.41, 5.74) is 2.05. The molecule has 0 aliphatic heterocycles.